The summed E-state index contributed by atoms with van der Waals surface area (Å²) >= 11 is 0. The summed E-state index contributed by atoms with van der Waals surface area (Å²) in [5.74, 6) is 0.720. The minimum Gasteiger partial charge on any atom is -0.368 e. The molecule has 3 aromatic heterocycles. The van der Waals surface area contributed by atoms with Crippen molar-refractivity contribution in [3.05, 3.63) is 42.4 Å². The summed E-state index contributed by atoms with van der Waals surface area (Å²) in [7, 11) is 1.82. The number of nitrogens with one attached hydrogen (secondary N) is 2. The van der Waals surface area contributed by atoms with Crippen LogP contribution < -0.4 is 5.32 Å². The Balaban J connectivity index is 1.53. The van der Waals surface area contributed by atoms with Crippen molar-refractivity contribution >= 4 is 27.9 Å². The molecular formula is C15H15N7. The summed E-state index contributed by atoms with van der Waals surface area (Å²) in [5, 5.41) is 12.7. The van der Waals surface area contributed by atoms with E-state index in [1.807, 2.05) is 13.1 Å². The summed E-state index contributed by atoms with van der Waals surface area (Å²) in [5.41, 5.74) is 3.87. The molecule has 0 unspecified atom stereocenters. The highest BCUT2D eigenvalue weighted by Crippen LogP contribution is 2.19. The normalized spacial score (nSPS) is 11.3. The first-order valence-corrected chi connectivity index (χ1v) is 7.12. The fourth-order valence-electron chi connectivity index (χ4n) is 2.64. The van der Waals surface area contributed by atoms with Crippen LogP contribution in [0, 0.1) is 0 Å². The van der Waals surface area contributed by atoms with E-state index in [9.17, 15) is 0 Å². The third-order valence-corrected chi connectivity index (χ3v) is 3.75. The summed E-state index contributed by atoms with van der Waals surface area (Å²) in [6.07, 6.45) is 4.49. The second-order valence-electron chi connectivity index (χ2n) is 5.14. The van der Waals surface area contributed by atoms with Gasteiger partial charge in [0.2, 0.25) is 0 Å². The van der Waals surface area contributed by atoms with E-state index in [1.165, 1.54) is 17.3 Å². The molecule has 110 valence electrons. The molecule has 22 heavy (non-hydrogen) atoms. The van der Waals surface area contributed by atoms with Gasteiger partial charge in [0.1, 0.15) is 6.33 Å². The van der Waals surface area contributed by atoms with Crippen LogP contribution in [0.5, 0.6) is 0 Å². The number of para-hydroxylation sites is 1. The second kappa shape index (κ2) is 5.10. The topological polar surface area (TPSA) is 84.3 Å². The molecule has 0 aliphatic rings. The molecule has 0 amide bonds. The standard InChI is InChI=1S/C15H15N7/c1-22-15-13(20-21-22)14(18-9-19-15)16-7-6-10-8-17-12-5-3-2-4-11(10)12/h2-5,8-9,17H,6-7H2,1H3,(H,16,18,19). The van der Waals surface area contributed by atoms with Crippen molar-refractivity contribution < 1.29 is 0 Å². The monoisotopic (exact) mass is 293 g/mol. The van der Waals surface area contributed by atoms with Gasteiger partial charge in [0.05, 0.1) is 0 Å². The van der Waals surface area contributed by atoms with Crippen molar-refractivity contribution in [2.45, 2.75) is 6.42 Å². The first kappa shape index (κ1) is 12.8. The molecule has 0 aliphatic carbocycles. The molecule has 0 fully saturated rings. The van der Waals surface area contributed by atoms with Crippen LogP contribution in [0.1, 0.15) is 5.56 Å². The van der Waals surface area contributed by atoms with Gasteiger partial charge in [-0.2, -0.15) is 0 Å². The number of aryl methyl sites for hydroxylation is 1. The van der Waals surface area contributed by atoms with Gasteiger partial charge in [0.15, 0.2) is 17.0 Å². The Bertz CT molecular complexity index is 937. The molecule has 0 saturated heterocycles. The summed E-state index contributed by atoms with van der Waals surface area (Å²) in [6.45, 7) is 0.768. The number of benzene rings is 1. The van der Waals surface area contributed by atoms with Crippen LogP contribution in [0.15, 0.2) is 36.8 Å². The minimum atomic E-state index is 0.698. The fourth-order valence-corrected chi connectivity index (χ4v) is 2.64. The maximum Gasteiger partial charge on any atom is 0.183 e. The Hall–Kier alpha value is -2.96. The molecule has 0 saturated carbocycles. The SMILES string of the molecule is Cn1nnc2c(NCCc3c[nH]c4ccccc34)ncnc21. The molecule has 0 bridgehead atoms. The molecule has 4 aromatic rings. The minimum absolute atomic E-state index is 0.698. The number of hydrogen-bond donors (Lipinski definition) is 2. The van der Waals surface area contributed by atoms with Crippen molar-refractivity contribution in [1.82, 2.24) is 29.9 Å². The second-order valence-corrected chi connectivity index (χ2v) is 5.14. The van der Waals surface area contributed by atoms with E-state index in [-0.39, 0.29) is 0 Å². The molecule has 3 heterocycles. The first-order chi connectivity index (χ1) is 10.8. The molecule has 0 radical (unpaired) electrons. The first-order valence-electron chi connectivity index (χ1n) is 7.12. The Labute approximate surface area is 126 Å². The highest BCUT2D eigenvalue weighted by molar-refractivity contribution is 5.83. The summed E-state index contributed by atoms with van der Waals surface area (Å²) in [4.78, 5) is 11.7. The van der Waals surface area contributed by atoms with Crippen molar-refractivity contribution in [2.75, 3.05) is 11.9 Å². The number of anilines is 1. The molecule has 4 rings (SSSR count). The van der Waals surface area contributed by atoms with Gasteiger partial charge in [-0.3, -0.25) is 0 Å². The lowest BCUT2D eigenvalue weighted by atomic mass is 10.1. The van der Waals surface area contributed by atoms with Crippen molar-refractivity contribution in [1.29, 1.82) is 0 Å². The van der Waals surface area contributed by atoms with Crippen LogP contribution in [-0.4, -0.2) is 36.5 Å². The van der Waals surface area contributed by atoms with E-state index in [1.54, 1.807) is 4.68 Å². The predicted octanol–water partition coefficient (Wildman–Crippen LogP) is 1.89. The van der Waals surface area contributed by atoms with Gasteiger partial charge in [-0.1, -0.05) is 23.4 Å². The van der Waals surface area contributed by atoms with Crippen LogP contribution in [0.2, 0.25) is 0 Å². The fraction of sp³-hybridized carbons (Fsp3) is 0.200. The highest BCUT2D eigenvalue weighted by atomic mass is 15.4. The van der Waals surface area contributed by atoms with Gasteiger partial charge in [-0.25, -0.2) is 14.6 Å². The van der Waals surface area contributed by atoms with Crippen LogP contribution in [-0.2, 0) is 13.5 Å². The van der Waals surface area contributed by atoms with E-state index in [2.05, 4.69) is 55.0 Å². The smallest absolute Gasteiger partial charge is 0.183 e. The van der Waals surface area contributed by atoms with Crippen LogP contribution in [0.4, 0.5) is 5.82 Å². The number of rotatable bonds is 4. The molecular weight excluding hydrogens is 278 g/mol. The highest BCUT2D eigenvalue weighted by Gasteiger charge is 2.09. The molecule has 0 atom stereocenters. The lowest BCUT2D eigenvalue weighted by Gasteiger charge is -2.05. The molecule has 0 aliphatic heterocycles. The Kier molecular flexibility index (Phi) is 2.96. The van der Waals surface area contributed by atoms with Gasteiger partial charge in [0.25, 0.3) is 0 Å². The lowest BCUT2D eigenvalue weighted by Crippen LogP contribution is -2.07. The predicted molar refractivity (Wildman–Crippen MR) is 84.6 cm³/mol. The van der Waals surface area contributed by atoms with Crippen LogP contribution in [0.25, 0.3) is 22.1 Å². The molecule has 1 aromatic carbocycles. The number of aromatic amines is 1. The zero-order valence-electron chi connectivity index (χ0n) is 12.1. The maximum absolute atomic E-state index is 4.26. The van der Waals surface area contributed by atoms with Gasteiger partial charge in [0, 0.05) is 30.7 Å². The number of hydrogen-bond acceptors (Lipinski definition) is 5. The molecule has 7 nitrogen and oxygen atoms in total. The van der Waals surface area contributed by atoms with Crippen LogP contribution in [0.3, 0.4) is 0 Å². The Morgan fingerprint density at radius 2 is 2.14 bits per heavy atom. The Morgan fingerprint density at radius 1 is 1.23 bits per heavy atom. The zero-order valence-corrected chi connectivity index (χ0v) is 12.1. The van der Waals surface area contributed by atoms with E-state index >= 15 is 0 Å². The third kappa shape index (κ3) is 2.07. The average Bonchev–Trinajstić information content (AvgIpc) is 3.13. The molecule has 0 spiro atoms. The van der Waals surface area contributed by atoms with E-state index < -0.39 is 0 Å². The van der Waals surface area contributed by atoms with E-state index in [0.29, 0.717) is 5.52 Å². The van der Waals surface area contributed by atoms with E-state index in [4.69, 9.17) is 0 Å². The quantitative estimate of drug-likeness (QED) is 0.600. The van der Waals surface area contributed by atoms with Crippen molar-refractivity contribution in [3.8, 4) is 0 Å². The van der Waals surface area contributed by atoms with E-state index in [0.717, 1.165) is 29.9 Å². The molecule has 7 heteroatoms. The number of aromatic nitrogens is 6. The average molecular weight is 293 g/mol. The maximum atomic E-state index is 4.26. The largest absolute Gasteiger partial charge is 0.368 e. The van der Waals surface area contributed by atoms with Gasteiger partial charge < -0.3 is 10.3 Å². The van der Waals surface area contributed by atoms with Gasteiger partial charge >= 0.3 is 0 Å². The van der Waals surface area contributed by atoms with Gasteiger partial charge in [-0.15, -0.1) is 5.10 Å². The summed E-state index contributed by atoms with van der Waals surface area (Å²) < 4.78 is 1.64. The number of H-pyrrole nitrogens is 1. The number of nitrogens with zero attached hydrogens (tertiary/aromatic N) is 5. The lowest BCUT2D eigenvalue weighted by molar-refractivity contribution is 0.729. The summed E-state index contributed by atoms with van der Waals surface area (Å²) in [6, 6.07) is 8.31. The Morgan fingerprint density at radius 3 is 3.09 bits per heavy atom. The number of fused-ring (bicyclic) bond motifs is 2. The van der Waals surface area contributed by atoms with Crippen molar-refractivity contribution in [3.63, 3.8) is 0 Å². The van der Waals surface area contributed by atoms with Crippen molar-refractivity contribution in [2.24, 2.45) is 7.05 Å². The third-order valence-electron chi connectivity index (χ3n) is 3.75. The van der Waals surface area contributed by atoms with Gasteiger partial charge in [-0.05, 0) is 18.1 Å². The zero-order chi connectivity index (χ0) is 14.9. The van der Waals surface area contributed by atoms with Crippen LogP contribution >= 0.6 is 0 Å². The molecule has 2 N–H and O–H groups in total.